The molecule has 33 heavy (non-hydrogen) atoms. The predicted molar refractivity (Wildman–Crippen MR) is 114 cm³/mol. The molecule has 11 heteroatoms. The summed E-state index contributed by atoms with van der Waals surface area (Å²) in [7, 11) is 0. The van der Waals surface area contributed by atoms with Crippen LogP contribution in [0.1, 0.15) is 37.4 Å². The largest absolute Gasteiger partial charge is 0.507 e. The van der Waals surface area contributed by atoms with Gasteiger partial charge >= 0.3 is 6.18 Å². The molecule has 0 spiro atoms. The van der Waals surface area contributed by atoms with Gasteiger partial charge in [0.2, 0.25) is 0 Å². The number of alkyl halides is 3. The third kappa shape index (κ3) is 5.12. The van der Waals surface area contributed by atoms with Crippen molar-refractivity contribution in [2.45, 2.75) is 13.1 Å². The molecule has 0 aliphatic carbocycles. The molecule has 2 N–H and O–H groups in total. The quantitative estimate of drug-likeness (QED) is 0.275. The Morgan fingerprint density at radius 2 is 1.67 bits per heavy atom. The van der Waals surface area contributed by atoms with E-state index in [2.05, 4.69) is 0 Å². The van der Waals surface area contributed by atoms with Gasteiger partial charge in [-0.1, -0.05) is 11.6 Å². The lowest BCUT2D eigenvalue weighted by atomic mass is 9.97. The Morgan fingerprint density at radius 1 is 1.03 bits per heavy atom. The number of hydrogen-bond acceptors (Lipinski definition) is 5. The maximum atomic E-state index is 13.4. The summed E-state index contributed by atoms with van der Waals surface area (Å²) in [5, 5.41) is 23.5. The van der Waals surface area contributed by atoms with Crippen LogP contribution in [0.3, 0.4) is 0 Å². The SMILES string of the molecule is Cc1cc(C(=O)c2ccc(Cl)cc2)cc(C(=O)Nc2ccc([N+](=O)[O-])cc2C(F)(F)F)c1O. The Labute approximate surface area is 189 Å². The number of hydrogen-bond donors (Lipinski definition) is 2. The van der Waals surface area contributed by atoms with Crippen molar-refractivity contribution in [1.82, 2.24) is 0 Å². The van der Waals surface area contributed by atoms with Gasteiger partial charge < -0.3 is 10.4 Å². The molecule has 0 aliphatic rings. The highest BCUT2D eigenvalue weighted by molar-refractivity contribution is 6.30. The van der Waals surface area contributed by atoms with Crippen LogP contribution < -0.4 is 5.32 Å². The third-order valence-corrected chi connectivity index (χ3v) is 4.93. The van der Waals surface area contributed by atoms with Gasteiger partial charge in [-0.05, 0) is 55.0 Å². The van der Waals surface area contributed by atoms with E-state index in [0.29, 0.717) is 11.1 Å². The van der Waals surface area contributed by atoms with Crippen molar-refractivity contribution in [1.29, 1.82) is 0 Å². The van der Waals surface area contributed by atoms with E-state index in [-0.39, 0.29) is 16.7 Å². The summed E-state index contributed by atoms with van der Waals surface area (Å²) in [4.78, 5) is 35.3. The maximum Gasteiger partial charge on any atom is 0.418 e. The molecule has 3 rings (SSSR count). The summed E-state index contributed by atoms with van der Waals surface area (Å²) in [6.07, 6.45) is -5.00. The van der Waals surface area contributed by atoms with E-state index >= 15 is 0 Å². The number of carbonyl (C=O) groups is 2. The Bertz CT molecular complexity index is 1270. The minimum atomic E-state index is -5.00. The molecule has 0 aromatic heterocycles. The average Bonchev–Trinajstić information content (AvgIpc) is 2.74. The number of anilines is 1. The van der Waals surface area contributed by atoms with Gasteiger partial charge in [0.15, 0.2) is 5.78 Å². The first-order valence-electron chi connectivity index (χ1n) is 9.19. The number of carbonyl (C=O) groups excluding carboxylic acids is 2. The van der Waals surface area contributed by atoms with Crippen molar-refractivity contribution in [2.75, 3.05) is 5.32 Å². The molecule has 0 saturated carbocycles. The molecule has 0 saturated heterocycles. The van der Waals surface area contributed by atoms with Crippen LogP contribution in [0.5, 0.6) is 5.75 Å². The van der Waals surface area contributed by atoms with Crippen LogP contribution in [0.15, 0.2) is 54.6 Å². The molecule has 3 aromatic carbocycles. The third-order valence-electron chi connectivity index (χ3n) is 4.68. The van der Waals surface area contributed by atoms with Gasteiger partial charge in [-0.2, -0.15) is 13.2 Å². The number of nitro benzene ring substituents is 1. The Hall–Kier alpha value is -3.92. The molecule has 0 unspecified atom stereocenters. The van der Waals surface area contributed by atoms with Crippen LogP contribution in [0.25, 0.3) is 0 Å². The second-order valence-corrected chi connectivity index (χ2v) is 7.40. The zero-order valence-electron chi connectivity index (χ0n) is 16.7. The van der Waals surface area contributed by atoms with Gasteiger partial charge in [-0.3, -0.25) is 19.7 Å². The van der Waals surface area contributed by atoms with Crippen LogP contribution in [0.4, 0.5) is 24.5 Å². The first-order valence-corrected chi connectivity index (χ1v) is 9.57. The van der Waals surface area contributed by atoms with Gasteiger partial charge in [-0.25, -0.2) is 0 Å². The van der Waals surface area contributed by atoms with Gasteiger partial charge in [0, 0.05) is 28.3 Å². The second-order valence-electron chi connectivity index (χ2n) is 6.96. The number of phenolic OH excluding ortho intramolecular Hbond substituents is 1. The molecule has 1 amide bonds. The van der Waals surface area contributed by atoms with E-state index in [1.807, 2.05) is 5.32 Å². The standard InChI is InChI=1S/C22H14ClF3N2O5/c1-11-8-13(20(30)12-2-4-14(23)5-3-12)9-16(19(11)29)21(31)27-18-7-6-15(28(32)33)10-17(18)22(24,25)26/h2-10,29H,1H3,(H,27,31). The molecule has 3 aromatic rings. The van der Waals surface area contributed by atoms with Crippen LogP contribution in [0.2, 0.25) is 5.02 Å². The highest BCUT2D eigenvalue weighted by Gasteiger charge is 2.36. The van der Waals surface area contributed by atoms with Gasteiger partial charge in [0.25, 0.3) is 11.6 Å². The van der Waals surface area contributed by atoms with E-state index in [9.17, 15) is 38.0 Å². The lowest BCUT2D eigenvalue weighted by Gasteiger charge is -2.15. The number of aryl methyl sites for hydroxylation is 1. The van der Waals surface area contributed by atoms with Crippen molar-refractivity contribution in [3.05, 3.63) is 97.6 Å². The first-order chi connectivity index (χ1) is 15.4. The number of amides is 1. The van der Waals surface area contributed by atoms with E-state index < -0.39 is 51.0 Å². The number of nitrogens with one attached hydrogen (secondary N) is 1. The van der Waals surface area contributed by atoms with Crippen LogP contribution >= 0.6 is 11.6 Å². The number of non-ortho nitro benzene ring substituents is 1. The Balaban J connectivity index is 2.00. The number of halogens is 4. The van der Waals surface area contributed by atoms with Gasteiger partial charge in [0.1, 0.15) is 5.75 Å². The zero-order valence-corrected chi connectivity index (χ0v) is 17.5. The number of rotatable bonds is 5. The van der Waals surface area contributed by atoms with Crippen molar-refractivity contribution in [3.8, 4) is 5.75 Å². The fourth-order valence-corrected chi connectivity index (χ4v) is 3.16. The molecule has 0 radical (unpaired) electrons. The van der Waals surface area contributed by atoms with Crippen molar-refractivity contribution in [3.63, 3.8) is 0 Å². The van der Waals surface area contributed by atoms with E-state index in [0.717, 1.165) is 18.2 Å². The summed E-state index contributed by atoms with van der Waals surface area (Å²) in [6, 6.07) is 10.1. The smallest absolute Gasteiger partial charge is 0.418 e. The highest BCUT2D eigenvalue weighted by atomic mass is 35.5. The summed E-state index contributed by atoms with van der Waals surface area (Å²) in [5.41, 5.74) is -3.05. The second kappa shape index (κ2) is 8.91. The fourth-order valence-electron chi connectivity index (χ4n) is 3.03. The van der Waals surface area contributed by atoms with Gasteiger partial charge in [0.05, 0.1) is 21.7 Å². The van der Waals surface area contributed by atoms with Crippen molar-refractivity contribution >= 4 is 34.7 Å². The lowest BCUT2D eigenvalue weighted by Crippen LogP contribution is -2.18. The highest BCUT2D eigenvalue weighted by Crippen LogP contribution is 2.37. The topological polar surface area (TPSA) is 110 Å². The summed E-state index contributed by atoms with van der Waals surface area (Å²) >= 11 is 5.81. The number of benzene rings is 3. The summed E-state index contributed by atoms with van der Waals surface area (Å²) in [5.74, 6) is -2.17. The van der Waals surface area contributed by atoms with Crippen molar-refractivity contribution < 1.29 is 32.8 Å². The molecular weight excluding hydrogens is 465 g/mol. The van der Waals surface area contributed by atoms with E-state index in [1.54, 1.807) is 0 Å². The Morgan fingerprint density at radius 3 is 2.24 bits per heavy atom. The summed E-state index contributed by atoms with van der Waals surface area (Å²) < 4.78 is 40.2. The molecular formula is C22H14ClF3N2O5. The predicted octanol–water partition coefficient (Wildman–Crippen LogP) is 5.76. The number of ketones is 1. The maximum absolute atomic E-state index is 13.4. The Kier molecular flexibility index (Phi) is 6.41. The average molecular weight is 479 g/mol. The molecule has 7 nitrogen and oxygen atoms in total. The number of aromatic hydroxyl groups is 1. The van der Waals surface area contributed by atoms with Crippen LogP contribution in [0, 0.1) is 17.0 Å². The minimum absolute atomic E-state index is 0.0116. The molecule has 0 fully saturated rings. The molecule has 0 aliphatic heterocycles. The lowest BCUT2D eigenvalue weighted by molar-refractivity contribution is -0.385. The first kappa shape index (κ1) is 23.7. The summed E-state index contributed by atoms with van der Waals surface area (Å²) in [6.45, 7) is 1.41. The normalized spacial score (nSPS) is 11.2. The molecule has 170 valence electrons. The van der Waals surface area contributed by atoms with E-state index in [1.165, 1.54) is 37.3 Å². The molecule has 0 atom stereocenters. The molecule has 0 heterocycles. The van der Waals surface area contributed by atoms with Crippen molar-refractivity contribution in [2.24, 2.45) is 0 Å². The number of nitrogens with zero attached hydrogens (tertiary/aromatic N) is 1. The van der Waals surface area contributed by atoms with E-state index in [4.69, 9.17) is 11.6 Å². The minimum Gasteiger partial charge on any atom is -0.507 e. The monoisotopic (exact) mass is 478 g/mol. The van der Waals surface area contributed by atoms with Gasteiger partial charge in [-0.15, -0.1) is 0 Å². The number of nitro groups is 1. The molecule has 0 bridgehead atoms. The fraction of sp³-hybridized carbons (Fsp3) is 0.0909. The van der Waals surface area contributed by atoms with Crippen LogP contribution in [-0.2, 0) is 6.18 Å². The number of phenols is 1. The zero-order chi connectivity index (χ0) is 24.5. The van der Waals surface area contributed by atoms with Crippen LogP contribution in [-0.4, -0.2) is 21.7 Å².